The van der Waals surface area contributed by atoms with Gasteiger partial charge in [-0.2, -0.15) is 0 Å². The van der Waals surface area contributed by atoms with Gasteiger partial charge in [0, 0.05) is 11.1 Å². The molecule has 8 aromatic carbocycles. The van der Waals surface area contributed by atoms with Gasteiger partial charge < -0.3 is 4.57 Å². The SMILES string of the molecule is c1ccc(-n2c3ccccc3c3cc(-c4ccc(N(c5ccc6[se]c7ccccc7c6c5)c5cccc6oc7ccccc7c56)cc4)ccc32)cc1. The molecule has 0 aliphatic carbocycles. The Hall–Kier alpha value is -6.32. The van der Waals surface area contributed by atoms with Crippen LogP contribution < -0.4 is 4.90 Å². The van der Waals surface area contributed by atoms with Crippen molar-refractivity contribution >= 4 is 94.6 Å². The van der Waals surface area contributed by atoms with Crippen molar-refractivity contribution < 1.29 is 4.42 Å². The van der Waals surface area contributed by atoms with Gasteiger partial charge in [0.15, 0.2) is 0 Å². The molecular formula is C48H30N2OSe. The zero-order valence-corrected chi connectivity index (χ0v) is 29.7. The first-order valence-electron chi connectivity index (χ1n) is 17.6. The summed E-state index contributed by atoms with van der Waals surface area (Å²) >= 11 is 0.312. The Labute approximate surface area is 305 Å². The van der Waals surface area contributed by atoms with Gasteiger partial charge in [0.25, 0.3) is 0 Å². The first-order valence-corrected chi connectivity index (χ1v) is 19.3. The second-order valence-electron chi connectivity index (χ2n) is 13.3. The van der Waals surface area contributed by atoms with Crippen LogP contribution in [-0.4, -0.2) is 19.1 Å². The first kappa shape index (κ1) is 29.4. The smallest absolute Gasteiger partial charge is 0.0602 e. The van der Waals surface area contributed by atoms with Crippen molar-refractivity contribution in [3.05, 3.63) is 182 Å². The van der Waals surface area contributed by atoms with Crippen LogP contribution in [0.25, 0.3) is 79.9 Å². The topological polar surface area (TPSA) is 21.3 Å². The number of hydrogen-bond acceptors (Lipinski definition) is 2. The summed E-state index contributed by atoms with van der Waals surface area (Å²) in [5.74, 6) is 0. The first-order chi connectivity index (χ1) is 25.8. The van der Waals surface area contributed by atoms with E-state index in [1.165, 1.54) is 57.9 Å². The molecule has 0 N–H and O–H groups in total. The molecule has 0 fully saturated rings. The Morgan fingerprint density at radius 2 is 1.10 bits per heavy atom. The van der Waals surface area contributed by atoms with Crippen molar-refractivity contribution in [1.29, 1.82) is 0 Å². The molecule has 11 rings (SSSR count). The molecule has 4 heteroatoms. The average Bonchev–Trinajstić information content (AvgIpc) is 3.88. The molecule has 3 nitrogen and oxygen atoms in total. The second kappa shape index (κ2) is 11.6. The van der Waals surface area contributed by atoms with E-state index in [-0.39, 0.29) is 0 Å². The van der Waals surface area contributed by atoms with Crippen LogP contribution in [0.1, 0.15) is 0 Å². The Bertz CT molecular complexity index is 3130. The van der Waals surface area contributed by atoms with E-state index < -0.39 is 0 Å². The average molecular weight is 730 g/mol. The minimum absolute atomic E-state index is 0.312. The van der Waals surface area contributed by atoms with Crippen molar-refractivity contribution in [3.63, 3.8) is 0 Å². The normalized spacial score (nSPS) is 11.8. The number of aromatic nitrogens is 1. The number of hydrogen-bond donors (Lipinski definition) is 0. The minimum atomic E-state index is 0.312. The number of furan rings is 1. The van der Waals surface area contributed by atoms with Crippen LogP contribution in [0.15, 0.2) is 186 Å². The molecular weight excluding hydrogens is 700 g/mol. The zero-order valence-electron chi connectivity index (χ0n) is 28.0. The standard InChI is InChI=1S/C48H30N2OSe/c1-2-11-33(12-3-1)50-41-16-7-4-13-36(41)39-29-32(23-27-42(39)50)31-21-24-34(25-22-31)49(35-26-28-47-40(30-35)37-14-6-9-20-46(37)52-47)43-17-10-19-45-48(43)38-15-5-8-18-44(38)51-45/h1-30H. The maximum absolute atomic E-state index is 6.38. The van der Waals surface area contributed by atoms with Gasteiger partial charge in [-0.3, -0.25) is 0 Å². The fraction of sp³-hybridized carbons (Fsp3) is 0. The third-order valence-electron chi connectivity index (χ3n) is 10.4. The van der Waals surface area contributed by atoms with E-state index in [0.29, 0.717) is 14.5 Å². The van der Waals surface area contributed by atoms with E-state index in [1.807, 2.05) is 6.07 Å². The minimum Gasteiger partial charge on any atom is -0.0602 e. The van der Waals surface area contributed by atoms with E-state index in [1.54, 1.807) is 0 Å². The van der Waals surface area contributed by atoms with Crippen molar-refractivity contribution in [1.82, 2.24) is 4.57 Å². The quantitative estimate of drug-likeness (QED) is 0.165. The molecule has 0 atom stereocenters. The van der Waals surface area contributed by atoms with Crippen LogP contribution in [-0.2, 0) is 0 Å². The molecule has 0 bridgehead atoms. The number of benzene rings is 8. The van der Waals surface area contributed by atoms with Gasteiger partial charge in [-0.05, 0) is 18.2 Å². The number of para-hydroxylation sites is 3. The van der Waals surface area contributed by atoms with Crippen molar-refractivity contribution in [2.45, 2.75) is 0 Å². The molecule has 0 amide bonds. The molecule has 0 aliphatic rings. The van der Waals surface area contributed by atoms with E-state index in [2.05, 4.69) is 185 Å². The molecule has 0 spiro atoms. The van der Waals surface area contributed by atoms with Gasteiger partial charge in [-0.1, -0.05) is 36.4 Å². The third-order valence-corrected chi connectivity index (χ3v) is 12.8. The molecule has 11 aromatic rings. The summed E-state index contributed by atoms with van der Waals surface area (Å²) in [6, 6.07) is 65.9. The molecule has 3 heterocycles. The monoisotopic (exact) mass is 730 g/mol. The number of nitrogens with zero attached hydrogens (tertiary/aromatic N) is 2. The number of rotatable bonds is 5. The summed E-state index contributed by atoms with van der Waals surface area (Å²) in [4.78, 5) is 2.40. The van der Waals surface area contributed by atoms with Gasteiger partial charge in [0.2, 0.25) is 0 Å². The maximum atomic E-state index is 6.38. The zero-order chi connectivity index (χ0) is 34.2. The molecule has 0 aliphatic heterocycles. The summed E-state index contributed by atoms with van der Waals surface area (Å²) in [5, 5.41) is 7.43. The van der Waals surface area contributed by atoms with Crippen LogP contribution >= 0.6 is 0 Å². The molecule has 52 heavy (non-hydrogen) atoms. The number of anilines is 3. The van der Waals surface area contributed by atoms with Gasteiger partial charge in [0.05, 0.1) is 11.0 Å². The summed E-state index contributed by atoms with van der Waals surface area (Å²) < 4.78 is 11.6. The van der Waals surface area contributed by atoms with Crippen LogP contribution in [0.5, 0.6) is 0 Å². The molecule has 244 valence electrons. The van der Waals surface area contributed by atoms with E-state index in [4.69, 9.17) is 4.42 Å². The van der Waals surface area contributed by atoms with Crippen LogP contribution in [0.4, 0.5) is 17.1 Å². The molecule has 0 radical (unpaired) electrons. The van der Waals surface area contributed by atoms with Crippen molar-refractivity contribution in [2.24, 2.45) is 0 Å². The fourth-order valence-corrected chi connectivity index (χ4v) is 10.3. The molecule has 3 aromatic heterocycles. The van der Waals surface area contributed by atoms with Crippen molar-refractivity contribution in [3.8, 4) is 16.8 Å². The van der Waals surface area contributed by atoms with Gasteiger partial charge in [0.1, 0.15) is 0 Å². The summed E-state index contributed by atoms with van der Waals surface area (Å²) in [6.45, 7) is 0. The second-order valence-corrected chi connectivity index (χ2v) is 15.6. The van der Waals surface area contributed by atoms with E-state index >= 15 is 0 Å². The fourth-order valence-electron chi connectivity index (χ4n) is 8.03. The predicted molar refractivity (Wildman–Crippen MR) is 220 cm³/mol. The number of fused-ring (bicyclic) bond motifs is 9. The van der Waals surface area contributed by atoms with Gasteiger partial charge >= 0.3 is 226 Å². The summed E-state index contributed by atoms with van der Waals surface area (Å²) in [7, 11) is 0. The Morgan fingerprint density at radius 3 is 1.98 bits per heavy atom. The molecule has 0 unspecified atom stereocenters. The van der Waals surface area contributed by atoms with Crippen LogP contribution in [0.3, 0.4) is 0 Å². The molecule has 0 saturated carbocycles. The van der Waals surface area contributed by atoms with Gasteiger partial charge in [-0.15, -0.1) is 0 Å². The van der Waals surface area contributed by atoms with E-state index in [0.717, 1.165) is 39.0 Å². The molecule has 0 saturated heterocycles. The Kier molecular flexibility index (Phi) is 6.57. The van der Waals surface area contributed by atoms with E-state index in [9.17, 15) is 0 Å². The van der Waals surface area contributed by atoms with Crippen LogP contribution in [0.2, 0.25) is 0 Å². The Balaban J connectivity index is 1.08. The third kappa shape index (κ3) is 4.52. The summed E-state index contributed by atoms with van der Waals surface area (Å²) in [5.41, 5.74) is 11.1. The van der Waals surface area contributed by atoms with Crippen LogP contribution in [0, 0.1) is 0 Å². The van der Waals surface area contributed by atoms with Gasteiger partial charge in [-0.25, -0.2) is 0 Å². The summed E-state index contributed by atoms with van der Waals surface area (Å²) in [6.07, 6.45) is 0. The predicted octanol–water partition coefficient (Wildman–Crippen LogP) is 13.2. The Morgan fingerprint density at radius 1 is 0.423 bits per heavy atom. The van der Waals surface area contributed by atoms with Crippen molar-refractivity contribution in [2.75, 3.05) is 4.90 Å².